The van der Waals surface area contributed by atoms with Gasteiger partial charge in [0.05, 0.1) is 10.4 Å². The second kappa shape index (κ2) is 6.15. The van der Waals surface area contributed by atoms with Crippen LogP contribution in [0.25, 0.3) is 0 Å². The molecule has 0 radical (unpaired) electrons. The molecule has 1 rings (SSSR count). The van der Waals surface area contributed by atoms with Gasteiger partial charge in [-0.1, -0.05) is 20.8 Å². The van der Waals surface area contributed by atoms with E-state index < -0.39 is 0 Å². The molecular weight excluding hydrogens is 286 g/mol. The molecule has 0 saturated carbocycles. The summed E-state index contributed by atoms with van der Waals surface area (Å²) in [6.07, 6.45) is 0. The molecular formula is C12H20BrNOS. The Kier molecular flexibility index (Phi) is 5.44. The van der Waals surface area contributed by atoms with Crippen LogP contribution in [-0.2, 0) is 6.54 Å². The lowest BCUT2D eigenvalue weighted by Gasteiger charge is -2.29. The van der Waals surface area contributed by atoms with Gasteiger partial charge in [0, 0.05) is 19.6 Å². The fourth-order valence-corrected chi connectivity index (χ4v) is 2.91. The highest BCUT2D eigenvalue weighted by molar-refractivity contribution is 9.11. The first kappa shape index (κ1) is 14.2. The average molecular weight is 306 g/mol. The fraction of sp³-hybridized carbons (Fsp3) is 0.667. The number of thiophene rings is 1. The Morgan fingerprint density at radius 3 is 2.56 bits per heavy atom. The first-order valence-electron chi connectivity index (χ1n) is 5.47. The van der Waals surface area contributed by atoms with Gasteiger partial charge in [-0.15, -0.1) is 11.3 Å². The third kappa shape index (κ3) is 5.43. The van der Waals surface area contributed by atoms with Crippen molar-refractivity contribution in [3.8, 4) is 0 Å². The highest BCUT2D eigenvalue weighted by Crippen LogP contribution is 2.23. The molecule has 0 atom stereocenters. The van der Waals surface area contributed by atoms with Crippen LogP contribution in [0.2, 0.25) is 0 Å². The van der Waals surface area contributed by atoms with Crippen LogP contribution in [0.15, 0.2) is 15.2 Å². The summed E-state index contributed by atoms with van der Waals surface area (Å²) in [5, 5.41) is 11.2. The Balaban J connectivity index is 2.57. The van der Waals surface area contributed by atoms with Crippen LogP contribution in [0, 0.1) is 5.41 Å². The number of nitrogens with zero attached hydrogens (tertiary/aromatic N) is 1. The van der Waals surface area contributed by atoms with Crippen LogP contribution >= 0.6 is 27.3 Å². The van der Waals surface area contributed by atoms with Gasteiger partial charge in [-0.05, 0) is 38.4 Å². The van der Waals surface area contributed by atoms with Crippen LogP contribution in [0.5, 0.6) is 0 Å². The van der Waals surface area contributed by atoms with Crippen LogP contribution in [0.3, 0.4) is 0 Å². The predicted molar refractivity (Wildman–Crippen MR) is 73.8 cm³/mol. The van der Waals surface area contributed by atoms with Crippen molar-refractivity contribution in [1.82, 2.24) is 4.90 Å². The summed E-state index contributed by atoms with van der Waals surface area (Å²) >= 11 is 5.18. The summed E-state index contributed by atoms with van der Waals surface area (Å²) in [5.41, 5.74) is 1.58. The summed E-state index contributed by atoms with van der Waals surface area (Å²) in [5.74, 6) is 0. The van der Waals surface area contributed by atoms with Gasteiger partial charge in [0.25, 0.3) is 0 Å². The third-order valence-electron chi connectivity index (χ3n) is 2.14. The number of aliphatic hydroxyl groups is 1. The Morgan fingerprint density at radius 2 is 2.12 bits per heavy atom. The molecule has 0 saturated heterocycles. The number of aliphatic hydroxyl groups excluding tert-OH is 1. The monoisotopic (exact) mass is 305 g/mol. The van der Waals surface area contributed by atoms with E-state index in [1.807, 2.05) is 0 Å². The molecule has 0 aromatic carbocycles. The largest absolute Gasteiger partial charge is 0.395 e. The summed E-state index contributed by atoms with van der Waals surface area (Å²) in [6.45, 7) is 9.55. The van der Waals surface area contributed by atoms with E-state index in [1.165, 1.54) is 9.35 Å². The van der Waals surface area contributed by atoms with E-state index in [0.717, 1.165) is 19.6 Å². The number of halogens is 1. The SMILES string of the molecule is CC(C)(C)CN(CCO)Cc1csc(Br)c1. The molecule has 0 fully saturated rings. The second-order valence-corrected chi connectivity index (χ2v) is 7.54. The van der Waals surface area contributed by atoms with Gasteiger partial charge < -0.3 is 5.11 Å². The molecule has 1 aromatic rings. The molecule has 0 aliphatic carbocycles. The fourth-order valence-electron chi connectivity index (χ4n) is 1.71. The first-order valence-corrected chi connectivity index (χ1v) is 7.14. The zero-order valence-corrected chi connectivity index (χ0v) is 12.6. The first-order chi connectivity index (χ1) is 7.40. The van der Waals surface area contributed by atoms with Crippen LogP contribution < -0.4 is 0 Å². The molecule has 0 spiro atoms. The molecule has 92 valence electrons. The molecule has 0 bridgehead atoms. The molecule has 0 aliphatic heterocycles. The topological polar surface area (TPSA) is 23.5 Å². The van der Waals surface area contributed by atoms with Crippen LogP contribution in [-0.4, -0.2) is 29.7 Å². The summed E-state index contributed by atoms with van der Waals surface area (Å²) < 4.78 is 1.17. The Labute approximate surface area is 110 Å². The van der Waals surface area contributed by atoms with Gasteiger partial charge in [0.1, 0.15) is 0 Å². The van der Waals surface area contributed by atoms with Gasteiger partial charge in [0.15, 0.2) is 0 Å². The van der Waals surface area contributed by atoms with Crippen molar-refractivity contribution >= 4 is 27.3 Å². The maximum absolute atomic E-state index is 9.07. The molecule has 0 unspecified atom stereocenters. The number of hydrogen-bond acceptors (Lipinski definition) is 3. The van der Waals surface area contributed by atoms with Crippen molar-refractivity contribution in [2.24, 2.45) is 5.41 Å². The van der Waals surface area contributed by atoms with E-state index >= 15 is 0 Å². The highest BCUT2D eigenvalue weighted by atomic mass is 79.9. The van der Waals surface area contributed by atoms with Crippen molar-refractivity contribution in [3.05, 3.63) is 20.8 Å². The van der Waals surface area contributed by atoms with Crippen molar-refractivity contribution in [1.29, 1.82) is 0 Å². The van der Waals surface area contributed by atoms with E-state index in [4.69, 9.17) is 5.11 Å². The minimum atomic E-state index is 0.224. The zero-order chi connectivity index (χ0) is 12.2. The van der Waals surface area contributed by atoms with E-state index in [-0.39, 0.29) is 12.0 Å². The third-order valence-corrected chi connectivity index (χ3v) is 3.70. The molecule has 1 heterocycles. The van der Waals surface area contributed by atoms with Gasteiger partial charge in [0.2, 0.25) is 0 Å². The lowest BCUT2D eigenvalue weighted by molar-refractivity contribution is 0.146. The minimum absolute atomic E-state index is 0.224. The quantitative estimate of drug-likeness (QED) is 0.902. The Hall–Kier alpha value is 0.100. The smallest absolute Gasteiger partial charge is 0.0701 e. The maximum atomic E-state index is 9.07. The van der Waals surface area contributed by atoms with Gasteiger partial charge in [-0.3, -0.25) is 4.90 Å². The van der Waals surface area contributed by atoms with Crippen molar-refractivity contribution in [2.75, 3.05) is 19.7 Å². The van der Waals surface area contributed by atoms with Crippen molar-refractivity contribution in [2.45, 2.75) is 27.3 Å². The number of hydrogen-bond donors (Lipinski definition) is 1. The molecule has 16 heavy (non-hydrogen) atoms. The van der Waals surface area contributed by atoms with E-state index in [1.54, 1.807) is 11.3 Å². The van der Waals surface area contributed by atoms with E-state index in [2.05, 4.69) is 53.0 Å². The lowest BCUT2D eigenvalue weighted by atomic mass is 9.96. The average Bonchev–Trinajstić information content (AvgIpc) is 2.48. The molecule has 0 amide bonds. The Bertz CT molecular complexity index is 319. The second-order valence-electron chi connectivity index (χ2n) is 5.25. The number of rotatable bonds is 5. The van der Waals surface area contributed by atoms with Gasteiger partial charge in [-0.2, -0.15) is 0 Å². The standard InChI is InChI=1S/C12H20BrNOS/c1-12(2,3)9-14(4-5-15)7-10-6-11(13)16-8-10/h6,8,15H,4-5,7,9H2,1-3H3. The predicted octanol–water partition coefficient (Wildman–Crippen LogP) is 3.35. The molecule has 2 nitrogen and oxygen atoms in total. The van der Waals surface area contributed by atoms with Gasteiger partial charge in [-0.25, -0.2) is 0 Å². The summed E-state index contributed by atoms with van der Waals surface area (Å²) in [6, 6.07) is 2.15. The van der Waals surface area contributed by atoms with E-state index in [0.29, 0.717) is 0 Å². The molecule has 4 heteroatoms. The minimum Gasteiger partial charge on any atom is -0.395 e. The van der Waals surface area contributed by atoms with Crippen LogP contribution in [0.4, 0.5) is 0 Å². The van der Waals surface area contributed by atoms with E-state index in [9.17, 15) is 0 Å². The maximum Gasteiger partial charge on any atom is 0.0701 e. The Morgan fingerprint density at radius 1 is 1.44 bits per heavy atom. The van der Waals surface area contributed by atoms with Crippen molar-refractivity contribution in [3.63, 3.8) is 0 Å². The van der Waals surface area contributed by atoms with Crippen LogP contribution in [0.1, 0.15) is 26.3 Å². The highest BCUT2D eigenvalue weighted by Gasteiger charge is 2.16. The van der Waals surface area contributed by atoms with Gasteiger partial charge >= 0.3 is 0 Å². The molecule has 0 aliphatic rings. The zero-order valence-electron chi connectivity index (χ0n) is 10.2. The normalized spacial score (nSPS) is 12.4. The molecule has 1 aromatic heterocycles. The summed E-state index contributed by atoms with van der Waals surface area (Å²) in [4.78, 5) is 2.30. The van der Waals surface area contributed by atoms with Crippen molar-refractivity contribution < 1.29 is 5.11 Å². The lowest BCUT2D eigenvalue weighted by Crippen LogP contribution is -2.34. The molecule has 1 N–H and O–H groups in total. The summed E-state index contributed by atoms with van der Waals surface area (Å²) in [7, 11) is 0.